The van der Waals surface area contributed by atoms with Crippen LogP contribution in [0.5, 0.6) is 11.5 Å². The molecule has 8 nitrogen and oxygen atoms in total. The molecule has 0 unspecified atom stereocenters. The van der Waals surface area contributed by atoms with Gasteiger partial charge < -0.3 is 18.7 Å². The summed E-state index contributed by atoms with van der Waals surface area (Å²) in [5.41, 5.74) is 0.642. The minimum absolute atomic E-state index is 0.100. The summed E-state index contributed by atoms with van der Waals surface area (Å²) in [7, 11) is -0.376. The van der Waals surface area contributed by atoms with Crippen molar-refractivity contribution in [3.8, 4) is 22.9 Å². The Morgan fingerprint density at radius 1 is 1.12 bits per heavy atom. The molecule has 1 aliphatic heterocycles. The number of aromatic nitrogens is 2. The number of hydrogen-bond acceptors (Lipinski definition) is 8. The van der Waals surface area contributed by atoms with Gasteiger partial charge in [-0.3, -0.25) is 0 Å². The molecule has 0 bridgehead atoms. The third kappa shape index (κ3) is 3.09. The van der Waals surface area contributed by atoms with E-state index in [1.54, 1.807) is 25.3 Å². The highest BCUT2D eigenvalue weighted by Gasteiger charge is 2.48. The van der Waals surface area contributed by atoms with Crippen LogP contribution in [0.3, 0.4) is 0 Å². The molecule has 1 aromatic carbocycles. The van der Waals surface area contributed by atoms with E-state index in [9.17, 15) is 8.42 Å². The zero-order valence-electron chi connectivity index (χ0n) is 14.3. The average molecular weight is 368 g/mol. The second-order valence-corrected chi connectivity index (χ2v) is 8.20. The largest absolute Gasteiger partial charge is 0.493 e. The highest BCUT2D eigenvalue weighted by molar-refractivity contribution is 7.91. The van der Waals surface area contributed by atoms with Gasteiger partial charge in [0.1, 0.15) is 0 Å². The van der Waals surface area contributed by atoms with Crippen LogP contribution in [-0.4, -0.2) is 52.2 Å². The summed E-state index contributed by atoms with van der Waals surface area (Å²) in [6.45, 7) is 0.669. The minimum Gasteiger partial charge on any atom is -0.493 e. The first-order valence-electron chi connectivity index (χ1n) is 7.75. The van der Waals surface area contributed by atoms with Crippen molar-refractivity contribution < 1.29 is 27.2 Å². The van der Waals surface area contributed by atoms with Crippen molar-refractivity contribution in [1.82, 2.24) is 10.1 Å². The molecule has 0 radical (unpaired) electrons. The smallest absolute Gasteiger partial charge is 0.248 e. The van der Waals surface area contributed by atoms with Crippen LogP contribution in [0.1, 0.15) is 18.7 Å². The highest BCUT2D eigenvalue weighted by atomic mass is 32.2. The summed E-state index contributed by atoms with van der Waals surface area (Å²) in [6.07, 6.45) is 1.78. The average Bonchev–Trinajstić information content (AvgIpc) is 3.11. The van der Waals surface area contributed by atoms with Gasteiger partial charge in [0.15, 0.2) is 26.1 Å². The molecular weight excluding hydrogens is 348 g/mol. The third-order valence-corrected chi connectivity index (χ3v) is 6.47. The predicted octanol–water partition coefficient (Wildman–Crippen LogP) is 1.80. The van der Waals surface area contributed by atoms with E-state index in [-0.39, 0.29) is 5.89 Å². The van der Waals surface area contributed by atoms with E-state index in [4.69, 9.17) is 18.7 Å². The zero-order valence-corrected chi connectivity index (χ0v) is 15.1. The lowest BCUT2D eigenvalue weighted by Crippen LogP contribution is -2.41. The second-order valence-electron chi connectivity index (χ2n) is 5.87. The SMILES string of the molecule is COc1ccc(-c2noc(C3(S(C)(=O)=O)CCOCC3)n2)cc1OC. The van der Waals surface area contributed by atoms with Gasteiger partial charge in [0.2, 0.25) is 11.7 Å². The van der Waals surface area contributed by atoms with Gasteiger partial charge in [0, 0.05) is 25.0 Å². The van der Waals surface area contributed by atoms with Crippen molar-refractivity contribution in [2.45, 2.75) is 17.6 Å². The summed E-state index contributed by atoms with van der Waals surface area (Å²) < 4.78 is 44.8. The predicted molar refractivity (Wildman–Crippen MR) is 89.4 cm³/mol. The monoisotopic (exact) mass is 368 g/mol. The molecule has 0 atom stereocenters. The lowest BCUT2D eigenvalue weighted by Gasteiger charge is -2.31. The maximum absolute atomic E-state index is 12.4. The summed E-state index contributed by atoms with van der Waals surface area (Å²) in [6, 6.07) is 5.20. The third-order valence-electron chi connectivity index (χ3n) is 4.47. The molecule has 1 fully saturated rings. The Balaban J connectivity index is 2.02. The maximum atomic E-state index is 12.4. The van der Waals surface area contributed by atoms with Gasteiger partial charge in [-0.1, -0.05) is 5.16 Å². The van der Waals surface area contributed by atoms with Crippen LogP contribution in [0, 0.1) is 0 Å². The summed E-state index contributed by atoms with van der Waals surface area (Å²) in [5, 5.41) is 3.96. The summed E-state index contributed by atoms with van der Waals surface area (Å²) in [4.78, 5) is 4.36. The Kier molecular flexibility index (Phi) is 4.70. The fourth-order valence-corrected chi connectivity index (χ4v) is 4.25. The Morgan fingerprint density at radius 3 is 2.40 bits per heavy atom. The topological polar surface area (TPSA) is 101 Å². The summed E-state index contributed by atoms with van der Waals surface area (Å²) in [5.74, 6) is 1.50. The molecule has 2 heterocycles. The van der Waals surface area contributed by atoms with E-state index in [0.717, 1.165) is 0 Å². The quantitative estimate of drug-likeness (QED) is 0.787. The molecule has 136 valence electrons. The van der Waals surface area contributed by atoms with E-state index >= 15 is 0 Å². The Bertz CT molecular complexity index is 855. The number of nitrogens with zero attached hydrogens (tertiary/aromatic N) is 2. The van der Waals surface area contributed by atoms with Crippen LogP contribution < -0.4 is 9.47 Å². The second kappa shape index (κ2) is 6.64. The van der Waals surface area contributed by atoms with E-state index in [1.807, 2.05) is 0 Å². The number of ether oxygens (including phenoxy) is 3. The fourth-order valence-electron chi connectivity index (χ4n) is 2.95. The standard InChI is InChI=1S/C16H20N2O6S/c1-21-12-5-4-11(10-13(12)22-2)14-17-15(24-18-14)16(25(3,19)20)6-8-23-9-7-16/h4-5,10H,6-9H2,1-3H3. The van der Waals surface area contributed by atoms with Gasteiger partial charge in [0.05, 0.1) is 14.2 Å². The van der Waals surface area contributed by atoms with Gasteiger partial charge in [-0.15, -0.1) is 0 Å². The van der Waals surface area contributed by atoms with Gasteiger partial charge in [-0.25, -0.2) is 8.42 Å². The molecule has 25 heavy (non-hydrogen) atoms. The van der Waals surface area contributed by atoms with Gasteiger partial charge in [0.25, 0.3) is 0 Å². The van der Waals surface area contributed by atoms with Crippen molar-refractivity contribution in [3.63, 3.8) is 0 Å². The van der Waals surface area contributed by atoms with Crippen molar-refractivity contribution >= 4 is 9.84 Å². The van der Waals surface area contributed by atoms with Crippen LogP contribution in [0.2, 0.25) is 0 Å². The highest BCUT2D eigenvalue weighted by Crippen LogP contribution is 2.40. The van der Waals surface area contributed by atoms with Crippen LogP contribution in [0.15, 0.2) is 22.7 Å². The van der Waals surface area contributed by atoms with Gasteiger partial charge >= 0.3 is 0 Å². The molecule has 3 rings (SSSR count). The maximum Gasteiger partial charge on any atom is 0.248 e. The molecule has 1 aliphatic rings. The van der Waals surface area contributed by atoms with Crippen molar-refractivity contribution in [2.24, 2.45) is 0 Å². The van der Waals surface area contributed by atoms with E-state index < -0.39 is 14.6 Å². The Labute approximate surface area is 146 Å². The first-order chi connectivity index (χ1) is 11.9. The molecule has 0 spiro atoms. The Morgan fingerprint density at radius 2 is 1.80 bits per heavy atom. The van der Waals surface area contributed by atoms with E-state index in [0.29, 0.717) is 48.9 Å². The fraction of sp³-hybridized carbons (Fsp3) is 0.500. The number of methoxy groups -OCH3 is 2. The first-order valence-corrected chi connectivity index (χ1v) is 9.64. The lowest BCUT2D eigenvalue weighted by atomic mass is 9.99. The molecule has 0 N–H and O–H groups in total. The first kappa shape index (κ1) is 17.7. The molecular formula is C16H20N2O6S. The molecule has 0 amide bonds. The molecule has 1 saturated heterocycles. The number of sulfone groups is 1. The molecule has 9 heteroatoms. The van der Waals surface area contributed by atoms with E-state index in [2.05, 4.69) is 10.1 Å². The van der Waals surface area contributed by atoms with Crippen LogP contribution in [-0.2, 0) is 19.3 Å². The molecule has 0 saturated carbocycles. The number of benzene rings is 1. The Hall–Kier alpha value is -2.13. The van der Waals surface area contributed by atoms with E-state index in [1.165, 1.54) is 13.4 Å². The van der Waals surface area contributed by atoms with Crippen molar-refractivity contribution in [3.05, 3.63) is 24.1 Å². The van der Waals surface area contributed by atoms with Crippen LogP contribution in [0.25, 0.3) is 11.4 Å². The van der Waals surface area contributed by atoms with Crippen molar-refractivity contribution in [1.29, 1.82) is 0 Å². The van der Waals surface area contributed by atoms with Crippen LogP contribution in [0.4, 0.5) is 0 Å². The summed E-state index contributed by atoms with van der Waals surface area (Å²) >= 11 is 0. The molecule has 1 aromatic heterocycles. The lowest BCUT2D eigenvalue weighted by molar-refractivity contribution is 0.0651. The normalized spacial score (nSPS) is 17.2. The van der Waals surface area contributed by atoms with Crippen molar-refractivity contribution in [2.75, 3.05) is 33.7 Å². The van der Waals surface area contributed by atoms with Gasteiger partial charge in [-0.2, -0.15) is 4.98 Å². The van der Waals surface area contributed by atoms with Gasteiger partial charge in [-0.05, 0) is 31.0 Å². The number of rotatable bonds is 5. The molecule has 2 aromatic rings. The van der Waals surface area contributed by atoms with Crippen LogP contribution >= 0.6 is 0 Å². The zero-order chi connectivity index (χ0) is 18.1. The molecule has 0 aliphatic carbocycles. The number of hydrogen-bond donors (Lipinski definition) is 0. The minimum atomic E-state index is -3.45.